The second-order valence-corrected chi connectivity index (χ2v) is 10.1. The molecule has 3 atom stereocenters. The number of nitrogens with one attached hydrogen (secondary N) is 4. The fourth-order valence-electron chi connectivity index (χ4n) is 4.73. The van der Waals surface area contributed by atoms with Crippen LogP contribution < -0.4 is 42.2 Å². The molecule has 0 saturated carbocycles. The molecule has 1 heterocycles. The number of nitriles is 1. The third-order valence-electron chi connectivity index (χ3n) is 6.94. The number of carbonyl (C=O) groups excluding carboxylic acids is 5. The van der Waals surface area contributed by atoms with E-state index in [1.807, 2.05) is 6.07 Å². The molecule has 2 unspecified atom stereocenters. The van der Waals surface area contributed by atoms with Crippen LogP contribution in [0.3, 0.4) is 0 Å². The summed E-state index contributed by atoms with van der Waals surface area (Å²) in [5.74, 6) is -1.70. The smallest absolute Gasteiger partial charge is 0.248 e. The summed E-state index contributed by atoms with van der Waals surface area (Å²) in [6.07, 6.45) is 0.405. The fourth-order valence-corrected chi connectivity index (χ4v) is 4.73. The topological polar surface area (TPSA) is 231 Å². The van der Waals surface area contributed by atoms with Crippen LogP contribution in [0.15, 0.2) is 36.4 Å². The van der Waals surface area contributed by atoms with Crippen molar-refractivity contribution in [1.29, 1.82) is 5.26 Å². The highest BCUT2D eigenvalue weighted by Crippen LogP contribution is 2.40. The Morgan fingerprint density at radius 1 is 1.04 bits per heavy atom. The fraction of sp³-hybridized carbons (Fsp3) is 0.400. The molecule has 45 heavy (non-hydrogen) atoms. The molecule has 0 fully saturated rings. The Balaban J connectivity index is 2.29. The molecule has 0 spiro atoms. The Morgan fingerprint density at radius 2 is 1.69 bits per heavy atom. The van der Waals surface area contributed by atoms with Gasteiger partial charge in [-0.05, 0) is 42.3 Å². The number of amides is 5. The lowest BCUT2D eigenvalue weighted by Crippen LogP contribution is -2.55. The molecule has 5 amide bonds. The van der Waals surface area contributed by atoms with Crippen LogP contribution >= 0.6 is 0 Å². The summed E-state index contributed by atoms with van der Waals surface area (Å²) in [5, 5.41) is 19.0. The van der Waals surface area contributed by atoms with Gasteiger partial charge in [-0.2, -0.15) is 5.26 Å². The van der Waals surface area contributed by atoms with E-state index in [9.17, 15) is 24.0 Å². The van der Waals surface area contributed by atoms with Gasteiger partial charge in [-0.15, -0.1) is 0 Å². The lowest BCUT2D eigenvalue weighted by molar-refractivity contribution is -0.140. The Bertz CT molecular complexity index is 1440. The first-order chi connectivity index (χ1) is 21.6. The lowest BCUT2D eigenvalue weighted by Gasteiger charge is -2.30. The minimum Gasteiger partial charge on any atom is -0.492 e. The predicted molar refractivity (Wildman–Crippen MR) is 162 cm³/mol. The first-order valence-corrected chi connectivity index (χ1v) is 14.3. The third-order valence-corrected chi connectivity index (χ3v) is 6.94. The van der Waals surface area contributed by atoms with Gasteiger partial charge >= 0.3 is 0 Å². The Morgan fingerprint density at radius 3 is 2.31 bits per heavy atom. The molecule has 15 nitrogen and oxygen atoms in total. The molecule has 0 saturated heterocycles. The zero-order chi connectivity index (χ0) is 32.9. The SMILES string of the molecule is C[C@@H]1NC(=O)C(N(C)C(=O)CNC=O)c2ccc(OCCN)c(c2)-c2cc(ccc2OCCN)CC(C(=O)NCC#N)NC1=O. The van der Waals surface area contributed by atoms with E-state index < -0.39 is 41.8 Å². The normalized spacial score (nSPS) is 17.8. The largest absolute Gasteiger partial charge is 0.492 e. The lowest BCUT2D eigenvalue weighted by atomic mass is 9.93. The number of carbonyl (C=O) groups is 5. The Labute approximate surface area is 260 Å². The molecule has 4 bridgehead atoms. The Hall–Kier alpha value is -5.20. The van der Waals surface area contributed by atoms with E-state index >= 15 is 0 Å². The van der Waals surface area contributed by atoms with Crippen LogP contribution in [0.25, 0.3) is 11.1 Å². The third kappa shape index (κ3) is 8.91. The number of nitrogens with zero attached hydrogens (tertiary/aromatic N) is 2. The van der Waals surface area contributed by atoms with Crippen LogP contribution in [0.1, 0.15) is 24.1 Å². The molecule has 1 aliphatic rings. The molecular weight excluding hydrogens is 584 g/mol. The molecule has 240 valence electrons. The summed E-state index contributed by atoms with van der Waals surface area (Å²) in [7, 11) is 1.40. The van der Waals surface area contributed by atoms with Gasteiger partial charge in [0.2, 0.25) is 30.0 Å². The minimum atomic E-state index is -1.25. The summed E-state index contributed by atoms with van der Waals surface area (Å²) in [4.78, 5) is 65.1. The summed E-state index contributed by atoms with van der Waals surface area (Å²) in [6, 6.07) is 8.49. The van der Waals surface area contributed by atoms with Gasteiger partial charge in [0, 0.05) is 37.7 Å². The first-order valence-electron chi connectivity index (χ1n) is 14.3. The van der Waals surface area contributed by atoms with E-state index in [4.69, 9.17) is 26.2 Å². The first kappa shape index (κ1) is 34.3. The molecule has 3 rings (SSSR count). The highest BCUT2D eigenvalue weighted by Gasteiger charge is 2.33. The number of ether oxygens (including phenoxy) is 2. The molecule has 8 N–H and O–H groups in total. The number of hydrogen-bond donors (Lipinski definition) is 6. The molecule has 2 aromatic rings. The van der Waals surface area contributed by atoms with Crippen molar-refractivity contribution >= 4 is 30.0 Å². The molecule has 2 aromatic carbocycles. The number of rotatable bonds is 12. The number of hydrogen-bond acceptors (Lipinski definition) is 10. The number of nitrogens with two attached hydrogens (primary N) is 2. The summed E-state index contributed by atoms with van der Waals surface area (Å²) >= 11 is 0. The average Bonchev–Trinajstić information content (AvgIpc) is 3.03. The van der Waals surface area contributed by atoms with Crippen molar-refractivity contribution < 1.29 is 33.4 Å². The quantitative estimate of drug-likeness (QED) is 0.118. The second kappa shape index (κ2) is 16.6. The van der Waals surface area contributed by atoms with Crippen molar-refractivity contribution in [1.82, 2.24) is 26.2 Å². The predicted octanol–water partition coefficient (Wildman–Crippen LogP) is -1.54. The van der Waals surface area contributed by atoms with Gasteiger partial charge in [-0.3, -0.25) is 24.0 Å². The van der Waals surface area contributed by atoms with Gasteiger partial charge in [-0.25, -0.2) is 0 Å². The molecular formula is C30H38N8O7. The van der Waals surface area contributed by atoms with Crippen molar-refractivity contribution in [3.8, 4) is 28.7 Å². The molecule has 1 aliphatic heterocycles. The van der Waals surface area contributed by atoms with E-state index in [-0.39, 0.29) is 45.8 Å². The van der Waals surface area contributed by atoms with E-state index in [0.29, 0.717) is 40.2 Å². The summed E-state index contributed by atoms with van der Waals surface area (Å²) < 4.78 is 11.9. The van der Waals surface area contributed by atoms with Gasteiger partial charge in [0.1, 0.15) is 49.4 Å². The summed E-state index contributed by atoms with van der Waals surface area (Å²) in [5.41, 5.74) is 13.5. The Kier molecular flexibility index (Phi) is 12.6. The average molecular weight is 623 g/mol. The molecule has 0 radical (unpaired) electrons. The zero-order valence-corrected chi connectivity index (χ0v) is 25.1. The van der Waals surface area contributed by atoms with Crippen LogP contribution in [-0.2, 0) is 30.4 Å². The van der Waals surface area contributed by atoms with Crippen LogP contribution in [-0.4, -0.2) is 93.5 Å². The van der Waals surface area contributed by atoms with Crippen molar-refractivity contribution in [2.24, 2.45) is 11.5 Å². The van der Waals surface area contributed by atoms with Crippen molar-refractivity contribution in [3.05, 3.63) is 47.5 Å². The number of likely N-dealkylation sites (N-methyl/N-ethyl adjacent to an activating group) is 1. The van der Waals surface area contributed by atoms with Gasteiger partial charge < -0.3 is 47.1 Å². The van der Waals surface area contributed by atoms with Gasteiger partial charge in [0.15, 0.2) is 0 Å². The van der Waals surface area contributed by atoms with Gasteiger partial charge in [0.05, 0.1) is 12.6 Å². The van der Waals surface area contributed by atoms with E-state index in [1.54, 1.807) is 36.4 Å². The van der Waals surface area contributed by atoms with Gasteiger partial charge in [-0.1, -0.05) is 12.1 Å². The molecule has 15 heteroatoms. The minimum absolute atomic E-state index is 0.0378. The van der Waals surface area contributed by atoms with Crippen molar-refractivity contribution in [2.45, 2.75) is 31.5 Å². The monoisotopic (exact) mass is 622 g/mol. The standard InChI is InChI=1S/C30H38N8O7/c1-18-28(41)37-23(29(42)35-10-7-31)14-19-3-5-24(44-11-8-32)21(13-19)22-15-20(4-6-25(22)45-12-9-33)27(30(43)36-18)38(2)26(40)16-34-17-39/h3-6,13,15,17-18,23,27H,8-12,14,16,32-33H2,1-2H3,(H,34,39)(H,35,42)(H,36,43)(H,37,41)/t18-,23?,27?/m0/s1. The highest BCUT2D eigenvalue weighted by atomic mass is 16.5. The van der Waals surface area contributed by atoms with E-state index in [2.05, 4.69) is 21.3 Å². The maximum absolute atomic E-state index is 13.8. The maximum Gasteiger partial charge on any atom is 0.248 e. The zero-order valence-electron chi connectivity index (χ0n) is 25.1. The van der Waals surface area contributed by atoms with Crippen LogP contribution in [0.4, 0.5) is 0 Å². The van der Waals surface area contributed by atoms with Crippen LogP contribution in [0, 0.1) is 11.3 Å². The molecule has 0 aliphatic carbocycles. The van der Waals surface area contributed by atoms with E-state index in [1.165, 1.54) is 14.0 Å². The van der Waals surface area contributed by atoms with Crippen molar-refractivity contribution in [3.63, 3.8) is 0 Å². The summed E-state index contributed by atoms with van der Waals surface area (Å²) in [6.45, 7) is 1.60. The number of fused-ring (bicyclic) bond motifs is 5. The van der Waals surface area contributed by atoms with E-state index in [0.717, 1.165) is 4.90 Å². The van der Waals surface area contributed by atoms with Gasteiger partial charge in [0.25, 0.3) is 0 Å². The maximum atomic E-state index is 13.8. The number of benzene rings is 2. The van der Waals surface area contributed by atoms with Crippen molar-refractivity contribution in [2.75, 3.05) is 46.4 Å². The molecule has 0 aromatic heterocycles. The van der Waals surface area contributed by atoms with Crippen LogP contribution in [0.5, 0.6) is 11.5 Å². The van der Waals surface area contributed by atoms with Crippen LogP contribution in [0.2, 0.25) is 0 Å². The second-order valence-electron chi connectivity index (χ2n) is 10.1. The highest BCUT2D eigenvalue weighted by molar-refractivity contribution is 5.95.